The van der Waals surface area contributed by atoms with E-state index in [-0.39, 0.29) is 11.6 Å². The predicted octanol–water partition coefficient (Wildman–Crippen LogP) is 0.413. The molecular formula is C10H15N5O2S. The summed E-state index contributed by atoms with van der Waals surface area (Å²) in [6.45, 7) is 4.57. The van der Waals surface area contributed by atoms with Crippen LogP contribution in [0.3, 0.4) is 0 Å². The highest BCUT2D eigenvalue weighted by Crippen LogP contribution is 2.09. The molecule has 2 aromatic heterocycles. The van der Waals surface area contributed by atoms with E-state index in [1.54, 1.807) is 17.7 Å². The maximum atomic E-state index is 12.0. The van der Waals surface area contributed by atoms with Gasteiger partial charge in [-0.2, -0.15) is 0 Å². The normalized spacial score (nSPS) is 11.9. The van der Waals surface area contributed by atoms with Crippen molar-refractivity contribution in [3.05, 3.63) is 30.2 Å². The van der Waals surface area contributed by atoms with Gasteiger partial charge in [-0.1, -0.05) is 0 Å². The van der Waals surface area contributed by atoms with Gasteiger partial charge in [0.25, 0.3) is 10.0 Å². The fourth-order valence-corrected chi connectivity index (χ4v) is 2.57. The minimum Gasteiger partial charge on any atom is -0.347 e. The lowest BCUT2D eigenvalue weighted by atomic mass is 10.5. The van der Waals surface area contributed by atoms with Gasteiger partial charge in [0, 0.05) is 24.6 Å². The minimum atomic E-state index is -3.58. The van der Waals surface area contributed by atoms with E-state index < -0.39 is 10.0 Å². The number of aryl methyl sites for hydroxylation is 2. The Morgan fingerprint density at radius 3 is 2.83 bits per heavy atom. The van der Waals surface area contributed by atoms with Gasteiger partial charge in [-0.15, -0.1) is 0 Å². The lowest BCUT2D eigenvalue weighted by Crippen LogP contribution is -2.23. The average molecular weight is 269 g/mol. The van der Waals surface area contributed by atoms with Gasteiger partial charge in [0.2, 0.25) is 0 Å². The van der Waals surface area contributed by atoms with Crippen molar-refractivity contribution in [2.45, 2.75) is 32.0 Å². The Kier molecular flexibility index (Phi) is 3.48. The van der Waals surface area contributed by atoms with E-state index in [1.165, 1.54) is 12.5 Å². The Morgan fingerprint density at radius 1 is 1.50 bits per heavy atom. The van der Waals surface area contributed by atoms with Gasteiger partial charge in [0.15, 0.2) is 5.03 Å². The van der Waals surface area contributed by atoms with Gasteiger partial charge < -0.3 is 9.55 Å². The zero-order chi connectivity index (χ0) is 13.2. The van der Waals surface area contributed by atoms with Gasteiger partial charge in [0.1, 0.15) is 5.82 Å². The van der Waals surface area contributed by atoms with E-state index in [4.69, 9.17) is 0 Å². The SMILES string of the molecule is CCn1cc(S(=O)(=O)NCc2cnc[nH]2)nc1C. The number of imidazole rings is 2. The fourth-order valence-electron chi connectivity index (χ4n) is 1.56. The van der Waals surface area contributed by atoms with Crippen LogP contribution in [0.25, 0.3) is 0 Å². The van der Waals surface area contributed by atoms with Crippen LogP contribution in [0.4, 0.5) is 0 Å². The summed E-state index contributed by atoms with van der Waals surface area (Å²) < 4.78 is 28.2. The van der Waals surface area contributed by atoms with Crippen molar-refractivity contribution in [1.29, 1.82) is 0 Å². The van der Waals surface area contributed by atoms with Crippen LogP contribution in [-0.2, 0) is 23.1 Å². The van der Waals surface area contributed by atoms with E-state index in [1.807, 2.05) is 6.92 Å². The van der Waals surface area contributed by atoms with E-state index in [0.29, 0.717) is 18.1 Å². The summed E-state index contributed by atoms with van der Waals surface area (Å²) in [4.78, 5) is 10.7. The minimum absolute atomic E-state index is 0.0429. The summed E-state index contributed by atoms with van der Waals surface area (Å²) >= 11 is 0. The third-order valence-corrected chi connectivity index (χ3v) is 3.85. The number of nitrogens with zero attached hydrogens (tertiary/aromatic N) is 3. The molecule has 0 atom stereocenters. The molecule has 0 spiro atoms. The highest BCUT2D eigenvalue weighted by molar-refractivity contribution is 7.89. The molecule has 98 valence electrons. The standard InChI is InChI=1S/C10H15N5O2S/c1-3-15-6-10(14-8(15)2)18(16,17)13-5-9-4-11-7-12-9/h4,6-7,13H,3,5H2,1-2H3,(H,11,12). The molecule has 0 aliphatic heterocycles. The second kappa shape index (κ2) is 4.91. The Bertz CT molecular complexity index is 615. The Balaban J connectivity index is 2.14. The summed E-state index contributed by atoms with van der Waals surface area (Å²) in [5.74, 6) is 0.680. The number of hydrogen-bond donors (Lipinski definition) is 2. The topological polar surface area (TPSA) is 92.7 Å². The van der Waals surface area contributed by atoms with Crippen molar-refractivity contribution in [2.75, 3.05) is 0 Å². The molecule has 0 fully saturated rings. The van der Waals surface area contributed by atoms with E-state index in [9.17, 15) is 8.42 Å². The first-order valence-corrected chi connectivity index (χ1v) is 7.02. The summed E-state index contributed by atoms with van der Waals surface area (Å²) in [7, 11) is -3.58. The molecule has 0 aromatic carbocycles. The van der Waals surface area contributed by atoms with Crippen LogP contribution in [0.2, 0.25) is 0 Å². The first-order valence-electron chi connectivity index (χ1n) is 5.53. The second-order valence-electron chi connectivity index (χ2n) is 3.81. The van der Waals surface area contributed by atoms with Crippen LogP contribution in [0.5, 0.6) is 0 Å². The third kappa shape index (κ3) is 2.59. The first kappa shape index (κ1) is 12.8. The number of aromatic nitrogens is 4. The molecule has 2 aromatic rings. The smallest absolute Gasteiger partial charge is 0.259 e. The molecule has 8 heteroatoms. The highest BCUT2D eigenvalue weighted by atomic mass is 32.2. The molecular weight excluding hydrogens is 254 g/mol. The monoisotopic (exact) mass is 269 g/mol. The summed E-state index contributed by atoms with van der Waals surface area (Å²) in [5.41, 5.74) is 0.699. The molecule has 0 aliphatic rings. The fraction of sp³-hybridized carbons (Fsp3) is 0.400. The number of H-pyrrole nitrogens is 1. The number of aromatic amines is 1. The third-order valence-electron chi connectivity index (χ3n) is 2.58. The summed E-state index contributed by atoms with van der Waals surface area (Å²) in [6.07, 6.45) is 4.60. The van der Waals surface area contributed by atoms with Crippen molar-refractivity contribution in [3.63, 3.8) is 0 Å². The number of sulfonamides is 1. The first-order chi connectivity index (χ1) is 8.53. The second-order valence-corrected chi connectivity index (χ2v) is 5.53. The van der Waals surface area contributed by atoms with Gasteiger partial charge in [0.05, 0.1) is 12.9 Å². The van der Waals surface area contributed by atoms with Crippen molar-refractivity contribution in [2.24, 2.45) is 0 Å². The van der Waals surface area contributed by atoms with Crippen LogP contribution >= 0.6 is 0 Å². The van der Waals surface area contributed by atoms with E-state index >= 15 is 0 Å². The molecule has 0 aliphatic carbocycles. The number of rotatable bonds is 5. The lowest BCUT2D eigenvalue weighted by Gasteiger charge is -2.01. The van der Waals surface area contributed by atoms with Gasteiger partial charge in [-0.25, -0.2) is 23.1 Å². The van der Waals surface area contributed by atoms with Crippen LogP contribution in [-0.4, -0.2) is 27.9 Å². The quantitative estimate of drug-likeness (QED) is 0.822. The molecule has 0 saturated heterocycles. The maximum absolute atomic E-state index is 12.0. The molecule has 0 unspecified atom stereocenters. The van der Waals surface area contributed by atoms with Crippen molar-refractivity contribution >= 4 is 10.0 Å². The molecule has 2 heterocycles. The molecule has 0 radical (unpaired) electrons. The maximum Gasteiger partial charge on any atom is 0.259 e. The van der Waals surface area contributed by atoms with Gasteiger partial charge in [-0.3, -0.25) is 0 Å². The molecule has 0 saturated carbocycles. The highest BCUT2D eigenvalue weighted by Gasteiger charge is 2.18. The molecule has 0 amide bonds. The average Bonchev–Trinajstić information content (AvgIpc) is 2.95. The Morgan fingerprint density at radius 2 is 2.28 bits per heavy atom. The molecule has 0 bridgehead atoms. The Hall–Kier alpha value is -1.67. The predicted molar refractivity (Wildman–Crippen MR) is 65.3 cm³/mol. The Labute approximate surface area is 105 Å². The molecule has 18 heavy (non-hydrogen) atoms. The van der Waals surface area contributed by atoms with Gasteiger partial charge in [-0.05, 0) is 13.8 Å². The summed E-state index contributed by atoms with van der Waals surface area (Å²) in [5, 5.41) is 0.0429. The summed E-state index contributed by atoms with van der Waals surface area (Å²) in [6, 6.07) is 0. The van der Waals surface area contributed by atoms with Crippen LogP contribution in [0, 0.1) is 6.92 Å². The van der Waals surface area contributed by atoms with Gasteiger partial charge >= 0.3 is 0 Å². The van der Waals surface area contributed by atoms with Crippen LogP contribution in [0.15, 0.2) is 23.7 Å². The zero-order valence-corrected chi connectivity index (χ0v) is 11.0. The van der Waals surface area contributed by atoms with Crippen molar-refractivity contribution in [1.82, 2.24) is 24.2 Å². The number of hydrogen-bond acceptors (Lipinski definition) is 4. The largest absolute Gasteiger partial charge is 0.347 e. The zero-order valence-electron chi connectivity index (χ0n) is 10.2. The van der Waals surface area contributed by atoms with E-state index in [2.05, 4.69) is 19.7 Å². The molecule has 7 nitrogen and oxygen atoms in total. The van der Waals surface area contributed by atoms with E-state index in [0.717, 1.165) is 0 Å². The molecule has 2 N–H and O–H groups in total. The van der Waals surface area contributed by atoms with Crippen molar-refractivity contribution in [3.8, 4) is 0 Å². The van der Waals surface area contributed by atoms with Crippen LogP contribution < -0.4 is 4.72 Å². The number of nitrogens with one attached hydrogen (secondary N) is 2. The molecule has 2 rings (SSSR count). The van der Waals surface area contributed by atoms with Crippen LogP contribution in [0.1, 0.15) is 18.4 Å². The van der Waals surface area contributed by atoms with Crippen molar-refractivity contribution < 1.29 is 8.42 Å². The lowest BCUT2D eigenvalue weighted by molar-refractivity contribution is 0.577.